The van der Waals surface area contributed by atoms with Crippen LogP contribution < -0.4 is 5.32 Å². The summed E-state index contributed by atoms with van der Waals surface area (Å²) in [6.07, 6.45) is 2.63. The Hall–Kier alpha value is -1.35. The molecule has 3 nitrogen and oxygen atoms in total. The third-order valence-electron chi connectivity index (χ3n) is 3.74. The lowest BCUT2D eigenvalue weighted by atomic mass is 10.1. The van der Waals surface area contributed by atoms with Crippen LogP contribution in [0.1, 0.15) is 38.3 Å². The first kappa shape index (κ1) is 14.1. The number of hydrogen-bond donors (Lipinski definition) is 1. The molecule has 0 saturated heterocycles. The number of nitrogens with one attached hydrogen (secondary N) is 1. The van der Waals surface area contributed by atoms with E-state index in [1.807, 2.05) is 13.0 Å². The molecule has 3 heteroatoms. The van der Waals surface area contributed by atoms with Crippen molar-refractivity contribution in [1.82, 2.24) is 10.2 Å². The summed E-state index contributed by atoms with van der Waals surface area (Å²) in [5.41, 5.74) is 1.28. The summed E-state index contributed by atoms with van der Waals surface area (Å²) in [5, 5.41) is 2.90. The van der Waals surface area contributed by atoms with Gasteiger partial charge in [-0.15, -0.1) is 0 Å². The second-order valence-corrected chi connectivity index (χ2v) is 5.41. The minimum absolute atomic E-state index is 0.130. The first-order valence-electron chi connectivity index (χ1n) is 7.26. The zero-order chi connectivity index (χ0) is 13.7. The summed E-state index contributed by atoms with van der Waals surface area (Å²) < 4.78 is 0. The molecule has 0 heterocycles. The van der Waals surface area contributed by atoms with Crippen LogP contribution in [0.3, 0.4) is 0 Å². The number of carbonyl (C=O) groups excluding carboxylic acids is 1. The molecule has 0 aromatic heterocycles. The van der Waals surface area contributed by atoms with Crippen molar-refractivity contribution >= 4 is 5.91 Å². The quantitative estimate of drug-likeness (QED) is 0.817. The number of nitrogens with zero attached hydrogens (tertiary/aromatic N) is 1. The number of rotatable bonds is 7. The van der Waals surface area contributed by atoms with E-state index in [0.717, 1.165) is 12.5 Å². The zero-order valence-corrected chi connectivity index (χ0v) is 11.9. The summed E-state index contributed by atoms with van der Waals surface area (Å²) in [5.74, 6) is 0.923. The molecule has 0 radical (unpaired) electrons. The molecular weight excluding hydrogens is 236 g/mol. The lowest BCUT2D eigenvalue weighted by Crippen LogP contribution is -2.39. The topological polar surface area (TPSA) is 32.3 Å². The summed E-state index contributed by atoms with van der Waals surface area (Å²) >= 11 is 0. The van der Waals surface area contributed by atoms with Gasteiger partial charge in [-0.3, -0.25) is 9.69 Å². The third-order valence-corrected chi connectivity index (χ3v) is 3.74. The maximum atomic E-state index is 11.8. The van der Waals surface area contributed by atoms with Crippen molar-refractivity contribution in [2.24, 2.45) is 5.92 Å². The fourth-order valence-corrected chi connectivity index (χ4v) is 2.37. The smallest absolute Gasteiger partial charge is 0.234 e. The van der Waals surface area contributed by atoms with Gasteiger partial charge >= 0.3 is 0 Å². The molecule has 1 N–H and O–H groups in total. The predicted molar refractivity (Wildman–Crippen MR) is 77.8 cm³/mol. The molecular formula is C16H24N2O. The van der Waals surface area contributed by atoms with Gasteiger partial charge in [-0.1, -0.05) is 30.3 Å². The Morgan fingerprint density at radius 1 is 1.37 bits per heavy atom. The molecule has 1 amide bonds. The van der Waals surface area contributed by atoms with Gasteiger partial charge in [0.05, 0.1) is 6.54 Å². The molecule has 0 spiro atoms. The lowest BCUT2D eigenvalue weighted by molar-refractivity contribution is -0.122. The zero-order valence-electron chi connectivity index (χ0n) is 11.9. The molecule has 1 unspecified atom stereocenters. The molecule has 0 aliphatic heterocycles. The van der Waals surface area contributed by atoms with Crippen molar-refractivity contribution in [3.05, 3.63) is 35.9 Å². The van der Waals surface area contributed by atoms with E-state index < -0.39 is 0 Å². The van der Waals surface area contributed by atoms with E-state index in [4.69, 9.17) is 0 Å². The normalized spacial score (nSPS) is 16.4. The fraction of sp³-hybridized carbons (Fsp3) is 0.562. The highest BCUT2D eigenvalue weighted by Gasteiger charge is 2.28. The summed E-state index contributed by atoms with van der Waals surface area (Å²) in [7, 11) is 0. The van der Waals surface area contributed by atoms with Crippen LogP contribution in [0.5, 0.6) is 0 Å². The predicted octanol–water partition coefficient (Wildman–Crippen LogP) is 2.60. The first-order valence-corrected chi connectivity index (χ1v) is 7.26. The number of hydrogen-bond acceptors (Lipinski definition) is 2. The van der Waals surface area contributed by atoms with E-state index in [0.29, 0.717) is 19.1 Å². The van der Waals surface area contributed by atoms with Crippen molar-refractivity contribution in [2.75, 3.05) is 19.6 Å². The van der Waals surface area contributed by atoms with Crippen LogP contribution in [0.2, 0.25) is 0 Å². The standard InChI is InChI=1S/C16H24N2O/c1-3-17-16(19)12-18(11-14-9-10-14)13(2)15-7-5-4-6-8-15/h4-8,13-14H,3,9-12H2,1-2H3,(H,17,19). The molecule has 19 heavy (non-hydrogen) atoms. The van der Waals surface area contributed by atoms with Gasteiger partial charge in [-0.2, -0.15) is 0 Å². The van der Waals surface area contributed by atoms with Gasteiger partial charge in [0, 0.05) is 19.1 Å². The highest BCUT2D eigenvalue weighted by atomic mass is 16.2. The Labute approximate surface area is 116 Å². The van der Waals surface area contributed by atoms with Gasteiger partial charge in [0.15, 0.2) is 0 Å². The minimum Gasteiger partial charge on any atom is -0.355 e. The van der Waals surface area contributed by atoms with Gasteiger partial charge in [0.1, 0.15) is 0 Å². The third kappa shape index (κ3) is 4.35. The second kappa shape index (κ2) is 6.71. The molecule has 1 saturated carbocycles. The van der Waals surface area contributed by atoms with Crippen molar-refractivity contribution in [2.45, 2.75) is 32.7 Å². The van der Waals surface area contributed by atoms with Crippen molar-refractivity contribution in [1.29, 1.82) is 0 Å². The lowest BCUT2D eigenvalue weighted by Gasteiger charge is -2.29. The van der Waals surface area contributed by atoms with Crippen molar-refractivity contribution < 1.29 is 4.79 Å². The summed E-state index contributed by atoms with van der Waals surface area (Å²) in [6, 6.07) is 10.7. The van der Waals surface area contributed by atoms with Crippen LogP contribution in [0.4, 0.5) is 0 Å². The Balaban J connectivity index is 2.01. The van der Waals surface area contributed by atoms with Crippen LogP contribution >= 0.6 is 0 Å². The van der Waals surface area contributed by atoms with Gasteiger partial charge < -0.3 is 5.32 Å². The van der Waals surface area contributed by atoms with E-state index in [1.54, 1.807) is 0 Å². The summed E-state index contributed by atoms with van der Waals surface area (Å²) in [6.45, 7) is 6.39. The molecule has 1 fully saturated rings. The molecule has 2 rings (SSSR count). The highest BCUT2D eigenvalue weighted by molar-refractivity contribution is 5.78. The number of amides is 1. The van der Waals surface area contributed by atoms with Crippen LogP contribution in [-0.4, -0.2) is 30.4 Å². The highest BCUT2D eigenvalue weighted by Crippen LogP contribution is 2.32. The van der Waals surface area contributed by atoms with Crippen LogP contribution in [-0.2, 0) is 4.79 Å². The van der Waals surface area contributed by atoms with E-state index >= 15 is 0 Å². The van der Waals surface area contributed by atoms with Crippen molar-refractivity contribution in [3.8, 4) is 0 Å². The van der Waals surface area contributed by atoms with Gasteiger partial charge in [0.2, 0.25) is 5.91 Å². The van der Waals surface area contributed by atoms with Crippen LogP contribution in [0, 0.1) is 5.92 Å². The molecule has 1 aliphatic rings. The van der Waals surface area contributed by atoms with Gasteiger partial charge in [-0.25, -0.2) is 0 Å². The Morgan fingerprint density at radius 3 is 2.63 bits per heavy atom. The van der Waals surface area contributed by atoms with Gasteiger partial charge in [0.25, 0.3) is 0 Å². The summed E-state index contributed by atoms with van der Waals surface area (Å²) in [4.78, 5) is 14.1. The van der Waals surface area contributed by atoms with E-state index in [-0.39, 0.29) is 5.91 Å². The Bertz CT molecular complexity index is 400. The van der Waals surface area contributed by atoms with E-state index in [2.05, 4.69) is 41.4 Å². The largest absolute Gasteiger partial charge is 0.355 e. The fourth-order valence-electron chi connectivity index (χ4n) is 2.37. The molecule has 1 aromatic carbocycles. The molecule has 104 valence electrons. The minimum atomic E-state index is 0.130. The van der Waals surface area contributed by atoms with E-state index in [9.17, 15) is 4.79 Å². The maximum absolute atomic E-state index is 11.8. The number of benzene rings is 1. The first-order chi connectivity index (χ1) is 9.20. The number of likely N-dealkylation sites (N-methyl/N-ethyl adjacent to an activating group) is 1. The second-order valence-electron chi connectivity index (χ2n) is 5.41. The van der Waals surface area contributed by atoms with E-state index in [1.165, 1.54) is 18.4 Å². The van der Waals surface area contributed by atoms with Crippen LogP contribution in [0.25, 0.3) is 0 Å². The van der Waals surface area contributed by atoms with Gasteiger partial charge in [-0.05, 0) is 38.2 Å². The molecule has 0 bridgehead atoms. The maximum Gasteiger partial charge on any atom is 0.234 e. The average molecular weight is 260 g/mol. The number of carbonyl (C=O) groups is 1. The Morgan fingerprint density at radius 2 is 2.05 bits per heavy atom. The Kier molecular flexibility index (Phi) is 4.97. The van der Waals surface area contributed by atoms with Crippen molar-refractivity contribution in [3.63, 3.8) is 0 Å². The molecule has 1 atom stereocenters. The monoisotopic (exact) mass is 260 g/mol. The molecule has 1 aliphatic carbocycles. The average Bonchev–Trinajstić information content (AvgIpc) is 3.22. The molecule has 1 aromatic rings. The van der Waals surface area contributed by atoms with Crippen LogP contribution in [0.15, 0.2) is 30.3 Å². The SMILES string of the molecule is CCNC(=O)CN(CC1CC1)C(C)c1ccccc1.